The van der Waals surface area contributed by atoms with Crippen LogP contribution < -0.4 is 0 Å². The van der Waals surface area contributed by atoms with Crippen LogP contribution in [-0.4, -0.2) is 44.0 Å². The number of carboxylic acids is 1. The van der Waals surface area contributed by atoms with Crippen LogP contribution in [0.3, 0.4) is 0 Å². The number of rotatable bonds is 8. The van der Waals surface area contributed by atoms with Crippen LogP contribution in [0.25, 0.3) is 0 Å². The average molecular weight is 282 g/mol. The molecule has 1 N–H and O–H groups in total. The Balaban J connectivity index is 1.82. The van der Waals surface area contributed by atoms with E-state index in [0.717, 1.165) is 31.7 Å². The molecule has 1 aromatic rings. The molecule has 7 nitrogen and oxygen atoms in total. The van der Waals surface area contributed by atoms with Gasteiger partial charge in [0, 0.05) is 26.0 Å². The number of hydrogen-bond donors (Lipinski definition) is 1. The van der Waals surface area contributed by atoms with Crippen LogP contribution in [0.5, 0.6) is 0 Å². The lowest BCUT2D eigenvalue weighted by atomic mass is 9.80. The van der Waals surface area contributed by atoms with Crippen molar-refractivity contribution >= 4 is 5.97 Å². The van der Waals surface area contributed by atoms with Crippen LogP contribution in [0, 0.1) is 11.8 Å². The van der Waals surface area contributed by atoms with Crippen LogP contribution in [0.1, 0.15) is 38.9 Å². The van der Waals surface area contributed by atoms with Crippen molar-refractivity contribution < 1.29 is 14.6 Å². The van der Waals surface area contributed by atoms with E-state index in [-0.39, 0.29) is 12.3 Å². The lowest BCUT2D eigenvalue weighted by molar-refractivity contribution is -0.138. The molecule has 1 atom stereocenters. The quantitative estimate of drug-likeness (QED) is 0.769. The van der Waals surface area contributed by atoms with Crippen molar-refractivity contribution in [3.8, 4) is 0 Å². The summed E-state index contributed by atoms with van der Waals surface area (Å²) in [7, 11) is 0. The van der Waals surface area contributed by atoms with E-state index in [1.54, 1.807) is 4.68 Å². The average Bonchev–Trinajstić information content (AvgIpc) is 2.72. The molecular formula is C13H22N4O3. The summed E-state index contributed by atoms with van der Waals surface area (Å²) in [5.74, 6) is 0.659. The first-order valence-electron chi connectivity index (χ1n) is 7.16. The third-order valence-electron chi connectivity index (χ3n) is 3.68. The minimum atomic E-state index is -0.786. The summed E-state index contributed by atoms with van der Waals surface area (Å²) in [5.41, 5.74) is 0. The van der Waals surface area contributed by atoms with Gasteiger partial charge in [-0.3, -0.25) is 4.79 Å². The number of hydrogen-bond acceptors (Lipinski definition) is 5. The minimum Gasteiger partial charge on any atom is -0.481 e. The monoisotopic (exact) mass is 282 g/mol. The smallest absolute Gasteiger partial charge is 0.303 e. The molecule has 2 rings (SSSR count). The van der Waals surface area contributed by atoms with Crippen LogP contribution in [0.4, 0.5) is 0 Å². The number of nitrogens with zero attached hydrogens (tertiary/aromatic N) is 4. The number of carboxylic acid groups (broad SMARTS) is 1. The predicted octanol–water partition coefficient (Wildman–Crippen LogP) is 1.14. The van der Waals surface area contributed by atoms with Crippen LogP contribution in [-0.2, 0) is 22.5 Å². The Kier molecular flexibility index (Phi) is 5.05. The van der Waals surface area contributed by atoms with Crippen molar-refractivity contribution in [1.29, 1.82) is 0 Å². The third-order valence-corrected chi connectivity index (χ3v) is 3.68. The lowest BCUT2D eigenvalue weighted by Gasteiger charge is -2.34. The third kappa shape index (κ3) is 4.00. The van der Waals surface area contributed by atoms with Crippen molar-refractivity contribution in [2.45, 2.75) is 52.2 Å². The topological polar surface area (TPSA) is 90.1 Å². The van der Waals surface area contributed by atoms with Gasteiger partial charge in [0.05, 0.1) is 6.10 Å². The standard InChI is InChI=1S/C13H22N4O3/c1-3-20-11-5-10(6-11)7-12-14-15-16-17(12)8-9(2)4-13(18)19/h9-11H,3-8H2,1-2H3,(H,18,19). The highest BCUT2D eigenvalue weighted by Gasteiger charge is 2.31. The normalized spacial score (nSPS) is 23.3. The lowest BCUT2D eigenvalue weighted by Crippen LogP contribution is -2.33. The fourth-order valence-corrected chi connectivity index (χ4v) is 2.64. The highest BCUT2D eigenvalue weighted by Crippen LogP contribution is 2.32. The molecule has 1 aliphatic carbocycles. The Morgan fingerprint density at radius 1 is 1.55 bits per heavy atom. The van der Waals surface area contributed by atoms with Gasteiger partial charge in [-0.05, 0) is 42.0 Å². The zero-order chi connectivity index (χ0) is 14.5. The van der Waals surface area contributed by atoms with Gasteiger partial charge < -0.3 is 9.84 Å². The number of ether oxygens (including phenoxy) is 1. The van der Waals surface area contributed by atoms with Crippen molar-refractivity contribution in [3.05, 3.63) is 5.82 Å². The van der Waals surface area contributed by atoms with Gasteiger partial charge in [-0.2, -0.15) is 0 Å². The number of aliphatic carboxylic acids is 1. The van der Waals surface area contributed by atoms with Gasteiger partial charge >= 0.3 is 5.97 Å². The maximum absolute atomic E-state index is 10.7. The zero-order valence-electron chi connectivity index (χ0n) is 12.0. The Bertz CT molecular complexity index is 443. The van der Waals surface area contributed by atoms with Crippen LogP contribution in [0.2, 0.25) is 0 Å². The number of tetrazole rings is 1. The summed E-state index contributed by atoms with van der Waals surface area (Å²) in [5, 5.41) is 20.5. The van der Waals surface area contributed by atoms with Crippen LogP contribution in [0.15, 0.2) is 0 Å². The van der Waals surface area contributed by atoms with Crippen molar-refractivity contribution in [1.82, 2.24) is 20.2 Å². The van der Waals surface area contributed by atoms with E-state index >= 15 is 0 Å². The second-order valence-corrected chi connectivity index (χ2v) is 5.60. The molecule has 1 fully saturated rings. The molecule has 0 aromatic carbocycles. The summed E-state index contributed by atoms with van der Waals surface area (Å²) < 4.78 is 7.28. The number of carbonyl (C=O) groups is 1. The fourth-order valence-electron chi connectivity index (χ4n) is 2.64. The molecule has 0 bridgehead atoms. The summed E-state index contributed by atoms with van der Waals surface area (Å²) in [6.45, 7) is 5.23. The van der Waals surface area contributed by atoms with Crippen molar-refractivity contribution in [3.63, 3.8) is 0 Å². The van der Waals surface area contributed by atoms with E-state index in [4.69, 9.17) is 9.84 Å². The molecule has 0 aliphatic heterocycles. The minimum absolute atomic E-state index is 0.0207. The second-order valence-electron chi connectivity index (χ2n) is 5.60. The van der Waals surface area contributed by atoms with E-state index < -0.39 is 5.97 Å². The van der Waals surface area contributed by atoms with Crippen molar-refractivity contribution in [2.24, 2.45) is 11.8 Å². The van der Waals surface area contributed by atoms with E-state index in [0.29, 0.717) is 18.6 Å². The van der Waals surface area contributed by atoms with Crippen LogP contribution >= 0.6 is 0 Å². The Hall–Kier alpha value is -1.50. The van der Waals surface area contributed by atoms with E-state index in [1.165, 1.54) is 0 Å². The van der Waals surface area contributed by atoms with Gasteiger partial charge in [0.15, 0.2) is 5.82 Å². The van der Waals surface area contributed by atoms with Gasteiger partial charge in [-0.1, -0.05) is 6.92 Å². The molecule has 7 heteroatoms. The molecule has 0 spiro atoms. The Labute approximate surface area is 118 Å². The summed E-state index contributed by atoms with van der Waals surface area (Å²) in [6.07, 6.45) is 3.49. The maximum atomic E-state index is 10.7. The zero-order valence-corrected chi connectivity index (χ0v) is 12.0. The fraction of sp³-hybridized carbons (Fsp3) is 0.846. The first-order valence-corrected chi connectivity index (χ1v) is 7.16. The van der Waals surface area contributed by atoms with Gasteiger partial charge in [0.2, 0.25) is 0 Å². The Morgan fingerprint density at radius 3 is 2.95 bits per heavy atom. The molecule has 1 unspecified atom stereocenters. The summed E-state index contributed by atoms with van der Waals surface area (Å²) in [4.78, 5) is 10.7. The molecule has 112 valence electrons. The first kappa shape index (κ1) is 14.9. The molecular weight excluding hydrogens is 260 g/mol. The molecule has 1 heterocycles. The van der Waals surface area contributed by atoms with Gasteiger partial charge in [-0.25, -0.2) is 4.68 Å². The highest BCUT2D eigenvalue weighted by molar-refractivity contribution is 5.66. The molecule has 1 aromatic heterocycles. The predicted molar refractivity (Wildman–Crippen MR) is 71.1 cm³/mol. The number of aromatic nitrogens is 4. The largest absolute Gasteiger partial charge is 0.481 e. The van der Waals surface area contributed by atoms with Gasteiger partial charge in [-0.15, -0.1) is 5.10 Å². The molecule has 1 saturated carbocycles. The summed E-state index contributed by atoms with van der Waals surface area (Å²) >= 11 is 0. The Morgan fingerprint density at radius 2 is 2.30 bits per heavy atom. The maximum Gasteiger partial charge on any atom is 0.303 e. The molecule has 1 aliphatic rings. The molecule has 0 amide bonds. The molecule has 0 saturated heterocycles. The van der Waals surface area contributed by atoms with Gasteiger partial charge in [0.1, 0.15) is 0 Å². The SMILES string of the molecule is CCOC1CC(Cc2nnnn2CC(C)CC(=O)O)C1. The van der Waals surface area contributed by atoms with E-state index in [9.17, 15) is 4.79 Å². The molecule has 20 heavy (non-hydrogen) atoms. The summed E-state index contributed by atoms with van der Waals surface area (Å²) in [6, 6.07) is 0. The molecule has 0 radical (unpaired) electrons. The van der Waals surface area contributed by atoms with E-state index in [2.05, 4.69) is 15.5 Å². The van der Waals surface area contributed by atoms with Crippen molar-refractivity contribution in [2.75, 3.05) is 6.61 Å². The first-order chi connectivity index (χ1) is 9.58. The van der Waals surface area contributed by atoms with Gasteiger partial charge in [0.25, 0.3) is 0 Å². The van der Waals surface area contributed by atoms with E-state index in [1.807, 2.05) is 13.8 Å². The highest BCUT2D eigenvalue weighted by atomic mass is 16.5. The second kappa shape index (κ2) is 6.78.